The van der Waals surface area contributed by atoms with Crippen LogP contribution in [0.4, 0.5) is 0 Å². The molecule has 2 saturated carbocycles. The van der Waals surface area contributed by atoms with E-state index < -0.39 is 5.97 Å². The first-order valence-corrected chi connectivity index (χ1v) is 4.18. The van der Waals surface area contributed by atoms with E-state index in [1.54, 1.807) is 0 Å². The van der Waals surface area contributed by atoms with E-state index in [2.05, 4.69) is 0 Å². The summed E-state index contributed by atoms with van der Waals surface area (Å²) in [7, 11) is 0. The number of aliphatic carboxylic acids is 1. The smallest absolute Gasteiger partial charge is 0.307 e. The van der Waals surface area contributed by atoms with Crippen molar-refractivity contribution in [3.8, 4) is 0 Å². The third-order valence-corrected chi connectivity index (χ3v) is 3.25. The number of nitrogens with two attached hydrogens (primary N) is 1. The topological polar surface area (TPSA) is 63.3 Å². The van der Waals surface area contributed by atoms with Crippen LogP contribution >= 0.6 is 0 Å². The molecule has 0 heterocycles. The Balaban J connectivity index is 2.19. The van der Waals surface area contributed by atoms with Gasteiger partial charge in [-0.1, -0.05) is 0 Å². The quantitative estimate of drug-likeness (QED) is 0.577. The molecule has 11 heavy (non-hydrogen) atoms. The summed E-state index contributed by atoms with van der Waals surface area (Å²) in [5.74, 6) is -0.0968. The summed E-state index contributed by atoms with van der Waals surface area (Å²) in [6, 6.07) is 0.162. The molecular formula is C8H13NO2. The van der Waals surface area contributed by atoms with Crippen molar-refractivity contribution in [2.45, 2.75) is 25.3 Å². The van der Waals surface area contributed by atoms with Gasteiger partial charge >= 0.3 is 5.97 Å². The van der Waals surface area contributed by atoms with Gasteiger partial charge in [0.15, 0.2) is 0 Å². The lowest BCUT2D eigenvalue weighted by Crippen LogP contribution is -2.29. The zero-order valence-electron chi connectivity index (χ0n) is 6.36. The molecule has 0 saturated heterocycles. The highest BCUT2D eigenvalue weighted by molar-refractivity contribution is 5.72. The second-order valence-corrected chi connectivity index (χ2v) is 3.76. The lowest BCUT2D eigenvalue weighted by molar-refractivity contribution is -0.143. The molecule has 0 aromatic rings. The molecule has 4 atom stereocenters. The molecule has 0 spiro atoms. The van der Waals surface area contributed by atoms with E-state index in [9.17, 15) is 4.79 Å². The van der Waals surface area contributed by atoms with Crippen molar-refractivity contribution in [3.63, 3.8) is 0 Å². The minimum Gasteiger partial charge on any atom is -0.481 e. The normalized spacial score (nSPS) is 48.1. The van der Waals surface area contributed by atoms with Crippen LogP contribution in [-0.4, -0.2) is 17.1 Å². The highest BCUT2D eigenvalue weighted by Crippen LogP contribution is 2.48. The van der Waals surface area contributed by atoms with E-state index in [-0.39, 0.29) is 17.9 Å². The van der Waals surface area contributed by atoms with Crippen molar-refractivity contribution >= 4 is 5.97 Å². The Morgan fingerprint density at radius 1 is 1.45 bits per heavy atom. The van der Waals surface area contributed by atoms with Crippen LogP contribution in [0.15, 0.2) is 0 Å². The number of carboxylic acids is 1. The number of carbonyl (C=O) groups is 1. The highest BCUT2D eigenvalue weighted by Gasteiger charge is 2.50. The van der Waals surface area contributed by atoms with Crippen molar-refractivity contribution in [3.05, 3.63) is 0 Å². The maximum atomic E-state index is 10.8. The van der Waals surface area contributed by atoms with E-state index >= 15 is 0 Å². The van der Waals surface area contributed by atoms with Gasteiger partial charge in [-0.2, -0.15) is 0 Å². The number of rotatable bonds is 1. The largest absolute Gasteiger partial charge is 0.481 e. The summed E-state index contributed by atoms with van der Waals surface area (Å²) in [5.41, 5.74) is 5.78. The summed E-state index contributed by atoms with van der Waals surface area (Å²) < 4.78 is 0. The SMILES string of the molecule is N[C@H]1C[C@H]2CC[C@@H]1[C@@H]2C(=O)O. The van der Waals surface area contributed by atoms with Crippen LogP contribution in [0.2, 0.25) is 0 Å². The second-order valence-electron chi connectivity index (χ2n) is 3.76. The Labute approximate surface area is 65.6 Å². The molecule has 0 aromatic heterocycles. The molecule has 2 bridgehead atoms. The third kappa shape index (κ3) is 0.872. The molecule has 0 amide bonds. The Bertz CT molecular complexity index is 193. The Kier molecular flexibility index (Phi) is 1.42. The lowest BCUT2D eigenvalue weighted by Gasteiger charge is -2.15. The molecule has 0 aliphatic heterocycles. The van der Waals surface area contributed by atoms with Crippen molar-refractivity contribution in [2.75, 3.05) is 0 Å². The van der Waals surface area contributed by atoms with Crippen LogP contribution in [0.5, 0.6) is 0 Å². The van der Waals surface area contributed by atoms with Crippen molar-refractivity contribution in [2.24, 2.45) is 23.5 Å². The van der Waals surface area contributed by atoms with E-state index in [4.69, 9.17) is 10.8 Å². The van der Waals surface area contributed by atoms with Gasteiger partial charge in [0.05, 0.1) is 5.92 Å². The molecule has 2 fully saturated rings. The van der Waals surface area contributed by atoms with Gasteiger partial charge in [0.1, 0.15) is 0 Å². The molecular weight excluding hydrogens is 142 g/mol. The first-order chi connectivity index (χ1) is 5.20. The Morgan fingerprint density at radius 2 is 2.18 bits per heavy atom. The maximum absolute atomic E-state index is 10.8. The molecule has 0 aromatic carbocycles. The predicted octanol–water partition coefficient (Wildman–Crippen LogP) is 0.444. The van der Waals surface area contributed by atoms with Crippen LogP contribution in [0, 0.1) is 17.8 Å². The standard InChI is InChI=1S/C8H13NO2/c9-6-3-4-1-2-5(6)7(4)8(10)11/h4-7H,1-3,9H2,(H,10,11)/t4-,5+,6+,7-/m1/s1. The van der Waals surface area contributed by atoms with Crippen molar-refractivity contribution < 1.29 is 9.90 Å². The average Bonchev–Trinajstić information content (AvgIpc) is 2.41. The molecule has 62 valence electrons. The summed E-state index contributed by atoms with van der Waals surface area (Å²) >= 11 is 0. The maximum Gasteiger partial charge on any atom is 0.307 e. The van der Waals surface area contributed by atoms with Gasteiger partial charge in [0.2, 0.25) is 0 Å². The number of hydrogen-bond acceptors (Lipinski definition) is 2. The highest BCUT2D eigenvalue weighted by atomic mass is 16.4. The molecule has 2 aliphatic rings. The van der Waals surface area contributed by atoms with E-state index in [1.807, 2.05) is 0 Å². The van der Waals surface area contributed by atoms with Gasteiger partial charge in [0, 0.05) is 6.04 Å². The van der Waals surface area contributed by atoms with Crippen molar-refractivity contribution in [1.29, 1.82) is 0 Å². The van der Waals surface area contributed by atoms with Gasteiger partial charge in [-0.05, 0) is 31.1 Å². The van der Waals surface area contributed by atoms with Crippen LogP contribution in [-0.2, 0) is 4.79 Å². The first-order valence-electron chi connectivity index (χ1n) is 4.18. The van der Waals surface area contributed by atoms with Crippen LogP contribution < -0.4 is 5.73 Å². The summed E-state index contributed by atoms with van der Waals surface area (Å²) in [4.78, 5) is 10.8. The van der Waals surface area contributed by atoms with Gasteiger partial charge < -0.3 is 10.8 Å². The third-order valence-electron chi connectivity index (χ3n) is 3.25. The predicted molar refractivity (Wildman–Crippen MR) is 39.9 cm³/mol. The second kappa shape index (κ2) is 2.21. The monoisotopic (exact) mass is 155 g/mol. The van der Waals surface area contributed by atoms with Gasteiger partial charge in [-0.3, -0.25) is 4.79 Å². The molecule has 3 N–H and O–H groups in total. The van der Waals surface area contributed by atoms with Gasteiger partial charge in [-0.15, -0.1) is 0 Å². The number of carboxylic acid groups (broad SMARTS) is 1. The fourth-order valence-electron chi connectivity index (χ4n) is 2.77. The van der Waals surface area contributed by atoms with Gasteiger partial charge in [-0.25, -0.2) is 0 Å². The van der Waals surface area contributed by atoms with Crippen LogP contribution in [0.3, 0.4) is 0 Å². The number of hydrogen-bond donors (Lipinski definition) is 2. The van der Waals surface area contributed by atoms with E-state index in [0.717, 1.165) is 19.3 Å². The molecule has 3 nitrogen and oxygen atoms in total. The molecule has 2 aliphatic carbocycles. The molecule has 0 unspecified atom stereocenters. The molecule has 0 radical (unpaired) electrons. The average molecular weight is 155 g/mol. The first kappa shape index (κ1) is 7.10. The van der Waals surface area contributed by atoms with Crippen molar-refractivity contribution in [1.82, 2.24) is 0 Å². The lowest BCUT2D eigenvalue weighted by atomic mass is 9.95. The summed E-state index contributed by atoms with van der Waals surface area (Å²) in [6.07, 6.45) is 3.04. The Morgan fingerprint density at radius 3 is 2.45 bits per heavy atom. The zero-order valence-corrected chi connectivity index (χ0v) is 6.36. The van der Waals surface area contributed by atoms with Gasteiger partial charge in [0.25, 0.3) is 0 Å². The minimum atomic E-state index is -0.634. The number of fused-ring (bicyclic) bond motifs is 2. The van der Waals surface area contributed by atoms with E-state index in [0.29, 0.717) is 5.92 Å². The van der Waals surface area contributed by atoms with Crippen LogP contribution in [0.25, 0.3) is 0 Å². The molecule has 2 rings (SSSR count). The summed E-state index contributed by atoms with van der Waals surface area (Å²) in [6.45, 7) is 0. The van der Waals surface area contributed by atoms with E-state index in [1.165, 1.54) is 0 Å². The Hall–Kier alpha value is -0.570. The summed E-state index contributed by atoms with van der Waals surface area (Å²) in [5, 5.41) is 8.86. The minimum absolute atomic E-state index is 0.120. The van der Waals surface area contributed by atoms with Crippen LogP contribution in [0.1, 0.15) is 19.3 Å². The fraction of sp³-hybridized carbons (Fsp3) is 0.875. The fourth-order valence-corrected chi connectivity index (χ4v) is 2.77. The molecule has 3 heteroatoms. The zero-order chi connectivity index (χ0) is 8.01.